The minimum atomic E-state index is -1.82. The maximum Gasteiger partial charge on any atom is 2.00 e. The summed E-state index contributed by atoms with van der Waals surface area (Å²) in [6.07, 6.45) is 13.7. The summed E-state index contributed by atoms with van der Waals surface area (Å²) >= 11 is -3.65. The van der Waals surface area contributed by atoms with Crippen LogP contribution in [0.2, 0.25) is 0 Å². The Morgan fingerprint density at radius 2 is 0.826 bits per heavy atom. The molecule has 0 saturated heterocycles. The van der Waals surface area contributed by atoms with Gasteiger partial charge in [0.05, 0.1) is 0 Å². The maximum absolute atomic E-state index is 10.1. The van der Waals surface area contributed by atoms with Crippen LogP contribution in [-0.4, -0.2) is 29.0 Å². The largest absolute Gasteiger partial charge is 2.00 e. The fourth-order valence-electron chi connectivity index (χ4n) is 2.00. The molecular weight excluding hydrogens is 386 g/mol. The molecule has 0 fully saturated rings. The van der Waals surface area contributed by atoms with Crippen LogP contribution in [0.1, 0.15) is 90.9 Å². The molecule has 0 radical (unpaired) electrons. The van der Waals surface area contributed by atoms with Crippen molar-refractivity contribution in [3.63, 3.8) is 0 Å². The Bertz CT molecular complexity index is 240. The van der Waals surface area contributed by atoms with Crippen LogP contribution in [0.5, 0.6) is 0 Å². The first kappa shape index (κ1) is 28.6. The molecule has 2 unspecified atom stereocenters. The molecule has 0 aliphatic carbocycles. The molecule has 0 aromatic rings. The fourth-order valence-corrected chi connectivity index (χ4v) is 2.88. The number of unbranched alkanes of at least 4 members (excludes halogenated alkanes) is 10. The van der Waals surface area contributed by atoms with E-state index in [-0.39, 0.29) is 19.5 Å². The zero-order chi connectivity index (χ0) is 17.1. The van der Waals surface area contributed by atoms with Crippen molar-refractivity contribution in [3.05, 3.63) is 0 Å². The molecule has 136 valence electrons. The average molecular weight is 420 g/mol. The van der Waals surface area contributed by atoms with Gasteiger partial charge in [0.15, 0.2) is 0 Å². The Morgan fingerprint density at radius 3 is 1.09 bits per heavy atom. The summed E-state index contributed by atoms with van der Waals surface area (Å²) in [6.45, 7) is 4.35. The van der Waals surface area contributed by atoms with Crippen molar-refractivity contribution in [2.24, 2.45) is 0 Å². The van der Waals surface area contributed by atoms with Gasteiger partial charge in [-0.25, -0.2) is 0 Å². The number of rotatable bonds is 14. The Morgan fingerprint density at radius 1 is 0.565 bits per heavy atom. The van der Waals surface area contributed by atoms with Gasteiger partial charge in [-0.15, -0.1) is 0 Å². The van der Waals surface area contributed by atoms with Crippen LogP contribution in [-0.2, 0) is 41.6 Å². The molecular formula is C16H34O4S2Zn. The molecule has 0 aromatic heterocycles. The Hall–Kier alpha value is 0.843. The van der Waals surface area contributed by atoms with Gasteiger partial charge in [-0.1, -0.05) is 100 Å². The van der Waals surface area contributed by atoms with Crippen LogP contribution in [0.3, 0.4) is 0 Å². The van der Waals surface area contributed by atoms with Gasteiger partial charge in [0.2, 0.25) is 0 Å². The second-order valence-electron chi connectivity index (χ2n) is 5.55. The third-order valence-corrected chi connectivity index (χ3v) is 4.57. The Kier molecular flexibility index (Phi) is 31.2. The molecule has 23 heavy (non-hydrogen) atoms. The molecule has 4 nitrogen and oxygen atoms in total. The summed E-state index contributed by atoms with van der Waals surface area (Å²) in [5, 5.41) is 0. The zero-order valence-corrected chi connectivity index (χ0v) is 19.7. The van der Waals surface area contributed by atoms with Crippen molar-refractivity contribution in [1.29, 1.82) is 0 Å². The maximum atomic E-state index is 10.1. The van der Waals surface area contributed by atoms with Crippen LogP contribution in [0.15, 0.2) is 0 Å². The standard InChI is InChI=1S/2C8H18O2S.Zn/c2*1-2-3-4-5-6-7-8-11(9)10;/h2*2-8H2,1H3,(H,9,10);/q;;+2/p-2. The van der Waals surface area contributed by atoms with Gasteiger partial charge in [0, 0.05) is 11.5 Å². The van der Waals surface area contributed by atoms with E-state index < -0.39 is 22.2 Å². The summed E-state index contributed by atoms with van der Waals surface area (Å²) in [5.41, 5.74) is 0. The molecule has 0 aliphatic heterocycles. The number of hydrogen-bond acceptors (Lipinski definition) is 4. The summed E-state index contributed by atoms with van der Waals surface area (Å²) < 4.78 is 40.4. The van der Waals surface area contributed by atoms with Crippen molar-refractivity contribution in [2.45, 2.75) is 90.9 Å². The van der Waals surface area contributed by atoms with E-state index in [0.29, 0.717) is 11.5 Å². The van der Waals surface area contributed by atoms with E-state index in [1.165, 1.54) is 51.4 Å². The molecule has 0 N–H and O–H groups in total. The Balaban J connectivity index is -0.000000333. The van der Waals surface area contributed by atoms with E-state index in [9.17, 15) is 17.5 Å². The summed E-state index contributed by atoms with van der Waals surface area (Å²) in [6, 6.07) is 0. The normalized spacial score (nSPS) is 12.7. The number of hydrogen-bond donors (Lipinski definition) is 0. The van der Waals surface area contributed by atoms with E-state index >= 15 is 0 Å². The molecule has 0 heterocycles. The van der Waals surface area contributed by atoms with E-state index in [1.807, 2.05) is 0 Å². The molecule has 0 bridgehead atoms. The first-order valence-electron chi connectivity index (χ1n) is 8.66. The van der Waals surface area contributed by atoms with Crippen LogP contribution in [0.4, 0.5) is 0 Å². The monoisotopic (exact) mass is 418 g/mol. The fraction of sp³-hybridized carbons (Fsp3) is 1.00. The van der Waals surface area contributed by atoms with E-state index in [4.69, 9.17) is 0 Å². The minimum absolute atomic E-state index is 0. The molecule has 7 heteroatoms. The van der Waals surface area contributed by atoms with Gasteiger partial charge in [0.1, 0.15) is 0 Å². The van der Waals surface area contributed by atoms with Crippen LogP contribution < -0.4 is 0 Å². The molecule has 0 spiro atoms. The molecule has 2 atom stereocenters. The SMILES string of the molecule is CCCCCCCCS(=O)[O-].CCCCCCCCS(=O)[O-].[Zn+2]. The minimum Gasteiger partial charge on any atom is -0.772 e. The van der Waals surface area contributed by atoms with Gasteiger partial charge < -0.3 is 9.11 Å². The van der Waals surface area contributed by atoms with Gasteiger partial charge in [-0.05, 0) is 12.8 Å². The van der Waals surface area contributed by atoms with Crippen LogP contribution >= 0.6 is 0 Å². The Labute approximate surface area is 161 Å². The third kappa shape index (κ3) is 35.0. The quantitative estimate of drug-likeness (QED) is 0.236. The van der Waals surface area contributed by atoms with Gasteiger partial charge >= 0.3 is 19.5 Å². The summed E-state index contributed by atoms with van der Waals surface area (Å²) in [7, 11) is 0. The topological polar surface area (TPSA) is 80.3 Å². The summed E-state index contributed by atoms with van der Waals surface area (Å²) in [4.78, 5) is 0. The van der Waals surface area contributed by atoms with Crippen LogP contribution in [0.25, 0.3) is 0 Å². The van der Waals surface area contributed by atoms with E-state index in [2.05, 4.69) is 13.8 Å². The first-order chi connectivity index (χ1) is 10.5. The van der Waals surface area contributed by atoms with Crippen LogP contribution in [0, 0.1) is 0 Å². The summed E-state index contributed by atoms with van der Waals surface area (Å²) in [5.74, 6) is 0.679. The predicted molar refractivity (Wildman–Crippen MR) is 94.3 cm³/mol. The first-order valence-corrected chi connectivity index (χ1v) is 11.1. The van der Waals surface area contributed by atoms with Crippen molar-refractivity contribution >= 4 is 22.2 Å². The van der Waals surface area contributed by atoms with Crippen molar-refractivity contribution in [2.75, 3.05) is 11.5 Å². The molecule has 0 rings (SSSR count). The zero-order valence-electron chi connectivity index (χ0n) is 15.1. The second kappa shape index (κ2) is 25.1. The van der Waals surface area contributed by atoms with Gasteiger partial charge in [-0.2, -0.15) is 0 Å². The smallest absolute Gasteiger partial charge is 0.772 e. The second-order valence-corrected chi connectivity index (χ2v) is 7.58. The predicted octanol–water partition coefficient (Wildman–Crippen LogP) is 4.45. The molecule has 0 saturated carbocycles. The van der Waals surface area contributed by atoms with Crippen molar-refractivity contribution < 1.29 is 37.0 Å². The van der Waals surface area contributed by atoms with Gasteiger partial charge in [0.25, 0.3) is 0 Å². The molecule has 0 amide bonds. The van der Waals surface area contributed by atoms with E-state index in [0.717, 1.165) is 25.7 Å². The van der Waals surface area contributed by atoms with Gasteiger partial charge in [-0.3, -0.25) is 8.42 Å². The average Bonchev–Trinajstić information content (AvgIpc) is 2.46. The van der Waals surface area contributed by atoms with E-state index in [1.54, 1.807) is 0 Å². The van der Waals surface area contributed by atoms with Crippen molar-refractivity contribution in [3.8, 4) is 0 Å². The molecule has 0 aliphatic rings. The third-order valence-electron chi connectivity index (χ3n) is 3.33. The van der Waals surface area contributed by atoms with Crippen molar-refractivity contribution in [1.82, 2.24) is 0 Å². The molecule has 0 aromatic carbocycles.